The smallest absolute Gasteiger partial charge is 0.0585 e. The maximum absolute atomic E-state index is 4.53. The predicted octanol–water partition coefficient (Wildman–Crippen LogP) is 5.04. The number of hydrogen-bond acceptors (Lipinski definition) is 1. The summed E-state index contributed by atoms with van der Waals surface area (Å²) in [6, 6.07) is 9.40. The van der Waals surface area contributed by atoms with Crippen molar-refractivity contribution in [3.05, 3.63) is 34.9 Å². The Morgan fingerprint density at radius 2 is 1.95 bits per heavy atom. The maximum Gasteiger partial charge on any atom is 0.0585 e. The lowest BCUT2D eigenvalue weighted by molar-refractivity contribution is 0.835. The van der Waals surface area contributed by atoms with Crippen LogP contribution in [-0.2, 0) is 0 Å². The highest BCUT2D eigenvalue weighted by Gasteiger charge is 2.07. The van der Waals surface area contributed by atoms with Crippen molar-refractivity contribution in [1.82, 2.24) is 0 Å². The van der Waals surface area contributed by atoms with E-state index in [1.807, 2.05) is 0 Å². The molecule has 0 fully saturated rings. The molecule has 0 spiro atoms. The van der Waals surface area contributed by atoms with Crippen LogP contribution >= 0.6 is 0 Å². The Hall–Kier alpha value is -1.55. The molecule has 0 unspecified atom stereocenters. The van der Waals surface area contributed by atoms with Gasteiger partial charge in [0.15, 0.2) is 0 Å². The summed E-state index contributed by atoms with van der Waals surface area (Å²) < 4.78 is 0. The lowest BCUT2D eigenvalue weighted by Crippen LogP contribution is -2.04. The van der Waals surface area contributed by atoms with Gasteiger partial charge < -0.3 is 0 Å². The molecular formula is C18H25N. The summed E-state index contributed by atoms with van der Waals surface area (Å²) in [6.45, 7) is 8.68. The van der Waals surface area contributed by atoms with Crippen molar-refractivity contribution in [3.8, 4) is 12.0 Å². The Morgan fingerprint density at radius 1 is 1.16 bits per heavy atom. The molecule has 0 saturated heterocycles. The molecule has 0 aliphatic carbocycles. The lowest BCUT2D eigenvalue weighted by atomic mass is 9.97. The van der Waals surface area contributed by atoms with Gasteiger partial charge in [-0.25, -0.2) is 4.99 Å². The zero-order valence-electron chi connectivity index (χ0n) is 12.7. The van der Waals surface area contributed by atoms with E-state index in [0.29, 0.717) is 0 Å². The maximum atomic E-state index is 4.53. The number of benzene rings is 1. The van der Waals surface area contributed by atoms with E-state index in [-0.39, 0.29) is 0 Å². The fourth-order valence-corrected chi connectivity index (χ4v) is 1.95. The predicted molar refractivity (Wildman–Crippen MR) is 84.7 cm³/mol. The van der Waals surface area contributed by atoms with Crippen LogP contribution in [0, 0.1) is 25.8 Å². The third kappa shape index (κ3) is 4.91. The minimum Gasteiger partial charge on any atom is -0.202 e. The van der Waals surface area contributed by atoms with Gasteiger partial charge in [0.2, 0.25) is 0 Å². The van der Waals surface area contributed by atoms with Gasteiger partial charge in [-0.05, 0) is 49.8 Å². The molecule has 0 aromatic heterocycles. The summed E-state index contributed by atoms with van der Waals surface area (Å²) in [4.78, 5) is 4.53. The van der Waals surface area contributed by atoms with Crippen LogP contribution in [0.1, 0.15) is 62.6 Å². The molecule has 0 heterocycles. The number of aliphatic imine (C=N–C) groups is 1. The Labute approximate surface area is 118 Å². The van der Waals surface area contributed by atoms with Crippen LogP contribution in [0.5, 0.6) is 0 Å². The summed E-state index contributed by atoms with van der Waals surface area (Å²) >= 11 is 0. The highest BCUT2D eigenvalue weighted by molar-refractivity contribution is 6.02. The molecule has 1 aromatic carbocycles. The van der Waals surface area contributed by atoms with E-state index in [1.165, 1.54) is 29.5 Å². The van der Waals surface area contributed by atoms with Crippen molar-refractivity contribution in [1.29, 1.82) is 0 Å². The van der Waals surface area contributed by atoms with Crippen LogP contribution in [0.4, 0.5) is 0 Å². The highest BCUT2D eigenvalue weighted by Crippen LogP contribution is 2.16. The van der Waals surface area contributed by atoms with E-state index >= 15 is 0 Å². The van der Waals surface area contributed by atoms with Crippen LogP contribution in [0.2, 0.25) is 0 Å². The molecule has 19 heavy (non-hydrogen) atoms. The highest BCUT2D eigenvalue weighted by atomic mass is 14.7. The topological polar surface area (TPSA) is 12.4 Å². The molecule has 1 heteroatoms. The molecule has 0 radical (unpaired) electrons. The van der Waals surface area contributed by atoms with Gasteiger partial charge in [-0.2, -0.15) is 0 Å². The molecule has 1 nitrogen and oxygen atoms in total. The van der Waals surface area contributed by atoms with Crippen LogP contribution in [0.15, 0.2) is 23.2 Å². The Bertz CT molecular complexity index is 486. The minimum atomic E-state index is 0.928. The molecule has 0 atom stereocenters. The van der Waals surface area contributed by atoms with Gasteiger partial charge in [0, 0.05) is 12.5 Å². The van der Waals surface area contributed by atoms with Gasteiger partial charge in [0.1, 0.15) is 0 Å². The third-order valence-corrected chi connectivity index (χ3v) is 3.33. The molecule has 0 amide bonds. The van der Waals surface area contributed by atoms with Crippen molar-refractivity contribution in [3.63, 3.8) is 0 Å². The second kappa shape index (κ2) is 8.53. The zero-order chi connectivity index (χ0) is 14.1. The largest absolute Gasteiger partial charge is 0.202 e. The average molecular weight is 255 g/mol. The normalized spacial score (nSPS) is 11.1. The summed E-state index contributed by atoms with van der Waals surface area (Å²) in [5, 5.41) is 0. The van der Waals surface area contributed by atoms with Crippen LogP contribution in [-0.4, -0.2) is 5.71 Å². The summed E-state index contributed by atoms with van der Waals surface area (Å²) in [7, 11) is 0. The van der Waals surface area contributed by atoms with Crippen LogP contribution < -0.4 is 0 Å². The Kier molecular flexibility index (Phi) is 6.97. The van der Waals surface area contributed by atoms with E-state index in [2.05, 4.69) is 62.9 Å². The number of rotatable bonds is 5. The quantitative estimate of drug-likeness (QED) is 0.516. The first kappa shape index (κ1) is 15.5. The number of nitrogens with zero attached hydrogens (tertiary/aromatic N) is 1. The van der Waals surface area contributed by atoms with E-state index in [0.717, 1.165) is 25.0 Å². The Morgan fingerprint density at radius 3 is 2.63 bits per heavy atom. The fraction of sp³-hybridized carbons (Fsp3) is 0.500. The Balaban J connectivity index is 3.03. The van der Waals surface area contributed by atoms with E-state index in [4.69, 9.17) is 0 Å². The summed E-state index contributed by atoms with van der Waals surface area (Å²) in [5.74, 6) is 3.11. The molecule has 0 saturated carbocycles. The van der Waals surface area contributed by atoms with Crippen molar-refractivity contribution >= 4 is 5.71 Å². The lowest BCUT2D eigenvalue weighted by Gasteiger charge is -2.10. The second-order valence-corrected chi connectivity index (χ2v) is 4.95. The van der Waals surface area contributed by atoms with Gasteiger partial charge in [0.05, 0.1) is 5.71 Å². The zero-order valence-corrected chi connectivity index (χ0v) is 12.7. The monoisotopic (exact) mass is 255 g/mol. The van der Waals surface area contributed by atoms with Crippen molar-refractivity contribution in [2.24, 2.45) is 4.99 Å². The van der Waals surface area contributed by atoms with E-state index < -0.39 is 0 Å². The first-order valence-electron chi connectivity index (χ1n) is 7.31. The van der Waals surface area contributed by atoms with Gasteiger partial charge in [0.25, 0.3) is 0 Å². The third-order valence-electron chi connectivity index (χ3n) is 3.33. The summed E-state index contributed by atoms with van der Waals surface area (Å²) in [5.41, 5.74) is 5.06. The molecule has 0 bridgehead atoms. The minimum absolute atomic E-state index is 0.928. The fourth-order valence-electron chi connectivity index (χ4n) is 1.95. The van der Waals surface area contributed by atoms with Crippen molar-refractivity contribution in [2.45, 2.75) is 59.8 Å². The molecular weight excluding hydrogens is 230 g/mol. The molecule has 1 rings (SSSR count). The van der Waals surface area contributed by atoms with Gasteiger partial charge in [-0.15, -0.1) is 0 Å². The number of hydrogen-bond donors (Lipinski definition) is 0. The van der Waals surface area contributed by atoms with E-state index in [9.17, 15) is 0 Å². The SMILES string of the molecule is CCCC#CN=C(CCCC)c1cccc(C)c1C. The van der Waals surface area contributed by atoms with Gasteiger partial charge in [-0.1, -0.05) is 44.4 Å². The van der Waals surface area contributed by atoms with Gasteiger partial charge >= 0.3 is 0 Å². The first-order chi connectivity index (χ1) is 9.20. The van der Waals surface area contributed by atoms with Crippen LogP contribution in [0.3, 0.4) is 0 Å². The van der Waals surface area contributed by atoms with Gasteiger partial charge in [-0.3, -0.25) is 0 Å². The molecule has 0 aliphatic heterocycles. The summed E-state index contributed by atoms with van der Waals surface area (Å²) in [6.07, 6.45) is 5.39. The molecule has 0 N–H and O–H groups in total. The molecule has 1 aromatic rings. The van der Waals surface area contributed by atoms with Crippen LogP contribution in [0.25, 0.3) is 0 Å². The second-order valence-electron chi connectivity index (χ2n) is 4.95. The van der Waals surface area contributed by atoms with E-state index in [1.54, 1.807) is 0 Å². The molecule has 102 valence electrons. The molecule has 0 aliphatic rings. The number of aryl methyl sites for hydroxylation is 1. The van der Waals surface area contributed by atoms with Crippen molar-refractivity contribution < 1.29 is 0 Å². The number of unbranched alkanes of at least 4 members (excludes halogenated alkanes) is 2. The average Bonchev–Trinajstić information content (AvgIpc) is 2.42. The first-order valence-corrected chi connectivity index (χ1v) is 7.31. The van der Waals surface area contributed by atoms with Crippen molar-refractivity contribution in [2.75, 3.05) is 0 Å². The standard InChI is InChI=1S/C18H25N/c1-5-7-9-14-19-18(13-8-6-2)17-12-10-11-15(3)16(17)4/h10-12H,5-8,13H2,1-4H3.